The van der Waals surface area contributed by atoms with Gasteiger partial charge in [-0.3, -0.25) is 4.79 Å². The number of halogens is 2. The maximum atomic E-state index is 13.4. The lowest BCUT2D eigenvalue weighted by Gasteiger charge is -2.40. The molecule has 0 aromatic heterocycles. The molecule has 0 spiro atoms. The predicted octanol–water partition coefficient (Wildman–Crippen LogP) is 3.35. The van der Waals surface area contributed by atoms with E-state index in [0.29, 0.717) is 6.61 Å². The number of ether oxygens (including phenoxy) is 1. The number of amides is 1. The van der Waals surface area contributed by atoms with E-state index in [1.54, 1.807) is 13.0 Å². The molecule has 144 valence electrons. The molecule has 1 aromatic carbocycles. The molecule has 2 aliphatic rings. The molecule has 4 nitrogen and oxygen atoms in total. The summed E-state index contributed by atoms with van der Waals surface area (Å²) >= 11 is 0. The van der Waals surface area contributed by atoms with Gasteiger partial charge in [-0.05, 0) is 62.1 Å². The lowest BCUT2D eigenvalue weighted by atomic mass is 9.82. The van der Waals surface area contributed by atoms with Gasteiger partial charge in [0.1, 0.15) is 0 Å². The maximum absolute atomic E-state index is 13.4. The summed E-state index contributed by atoms with van der Waals surface area (Å²) in [6.45, 7) is 2.80. The summed E-state index contributed by atoms with van der Waals surface area (Å²) in [5.41, 5.74) is 7.07. The minimum absolute atomic E-state index is 0.0359. The van der Waals surface area contributed by atoms with E-state index in [9.17, 15) is 13.6 Å². The van der Waals surface area contributed by atoms with Crippen LogP contribution in [0.25, 0.3) is 0 Å². The van der Waals surface area contributed by atoms with Gasteiger partial charge in [0, 0.05) is 19.5 Å². The zero-order chi connectivity index (χ0) is 18.7. The fraction of sp³-hybridized carbons (Fsp3) is 0.650. The Kier molecular flexibility index (Phi) is 6.24. The first kappa shape index (κ1) is 19.2. The molecule has 1 amide bonds. The van der Waals surface area contributed by atoms with E-state index in [1.807, 2.05) is 4.90 Å². The summed E-state index contributed by atoms with van der Waals surface area (Å²) in [6.07, 6.45) is 5.54. The van der Waals surface area contributed by atoms with Crippen LogP contribution in [0.3, 0.4) is 0 Å². The van der Waals surface area contributed by atoms with Gasteiger partial charge in [-0.1, -0.05) is 6.07 Å². The largest absolute Gasteiger partial charge is 0.376 e. The summed E-state index contributed by atoms with van der Waals surface area (Å²) in [5, 5.41) is 0. The molecular weight excluding hydrogens is 338 g/mol. The Morgan fingerprint density at radius 2 is 1.92 bits per heavy atom. The van der Waals surface area contributed by atoms with Crippen molar-refractivity contribution in [1.82, 2.24) is 4.90 Å². The first-order valence-corrected chi connectivity index (χ1v) is 9.55. The van der Waals surface area contributed by atoms with Crippen LogP contribution >= 0.6 is 0 Å². The number of hydrogen-bond donors (Lipinski definition) is 1. The van der Waals surface area contributed by atoms with Gasteiger partial charge in [-0.25, -0.2) is 8.78 Å². The van der Waals surface area contributed by atoms with Crippen molar-refractivity contribution in [1.29, 1.82) is 0 Å². The Morgan fingerprint density at radius 3 is 2.58 bits per heavy atom. The smallest absolute Gasteiger partial charge is 0.219 e. The summed E-state index contributed by atoms with van der Waals surface area (Å²) in [7, 11) is 0. The number of carbonyl (C=O) groups excluding carboxylic acids is 1. The third-order valence-electron chi connectivity index (χ3n) is 5.83. The third-order valence-corrected chi connectivity index (χ3v) is 5.83. The molecule has 3 rings (SSSR count). The van der Waals surface area contributed by atoms with Crippen LogP contribution in [-0.4, -0.2) is 42.1 Å². The molecular formula is C20H28F2N2O2. The second-order valence-corrected chi connectivity index (χ2v) is 7.57. The van der Waals surface area contributed by atoms with Gasteiger partial charge < -0.3 is 15.4 Å². The molecule has 0 radical (unpaired) electrons. The van der Waals surface area contributed by atoms with Gasteiger partial charge in [0.15, 0.2) is 11.6 Å². The maximum Gasteiger partial charge on any atom is 0.219 e. The zero-order valence-corrected chi connectivity index (χ0v) is 15.3. The molecule has 2 N–H and O–H groups in total. The highest BCUT2D eigenvalue weighted by atomic mass is 19.2. The summed E-state index contributed by atoms with van der Waals surface area (Å²) in [6, 6.07) is 4.10. The number of carbonyl (C=O) groups is 1. The van der Waals surface area contributed by atoms with Crippen LogP contribution < -0.4 is 5.73 Å². The van der Waals surface area contributed by atoms with Gasteiger partial charge in [-0.2, -0.15) is 0 Å². The van der Waals surface area contributed by atoms with Crippen LogP contribution in [0.15, 0.2) is 18.2 Å². The number of nitrogens with zero attached hydrogens (tertiary/aromatic N) is 1. The molecule has 1 saturated carbocycles. The van der Waals surface area contributed by atoms with Crippen molar-refractivity contribution in [3.8, 4) is 0 Å². The van der Waals surface area contributed by atoms with Crippen LogP contribution in [0.4, 0.5) is 8.78 Å². The Bertz CT molecular complexity index is 632. The van der Waals surface area contributed by atoms with Crippen molar-refractivity contribution in [3.05, 3.63) is 35.4 Å². The summed E-state index contributed by atoms with van der Waals surface area (Å²) in [4.78, 5) is 13.6. The third kappa shape index (κ3) is 4.41. The minimum Gasteiger partial charge on any atom is -0.376 e. The van der Waals surface area contributed by atoms with E-state index >= 15 is 0 Å². The van der Waals surface area contributed by atoms with E-state index in [-0.39, 0.29) is 30.0 Å². The highest BCUT2D eigenvalue weighted by Crippen LogP contribution is 2.34. The fourth-order valence-electron chi connectivity index (χ4n) is 4.26. The molecule has 1 heterocycles. The lowest BCUT2D eigenvalue weighted by Crippen LogP contribution is -2.56. The average molecular weight is 366 g/mol. The normalized spacial score (nSPS) is 29.6. The number of rotatable bonds is 4. The van der Waals surface area contributed by atoms with Crippen molar-refractivity contribution >= 4 is 5.91 Å². The number of likely N-dealkylation sites (tertiary alicyclic amines) is 1. The van der Waals surface area contributed by atoms with Crippen molar-refractivity contribution in [2.24, 2.45) is 5.73 Å². The number of hydrogen-bond acceptors (Lipinski definition) is 3. The van der Waals surface area contributed by atoms with Crippen LogP contribution in [-0.2, 0) is 9.53 Å². The SMILES string of the molecule is CC(=O)N1CCCC(N)[C@@H]1COC1CCC(c2ccc(F)c(F)c2)CC1. The second kappa shape index (κ2) is 8.44. The average Bonchev–Trinajstić information content (AvgIpc) is 2.63. The van der Waals surface area contributed by atoms with Crippen molar-refractivity contribution in [2.75, 3.05) is 13.2 Å². The van der Waals surface area contributed by atoms with E-state index in [4.69, 9.17) is 10.5 Å². The van der Waals surface area contributed by atoms with Crippen LogP contribution in [0, 0.1) is 11.6 Å². The first-order chi connectivity index (χ1) is 12.5. The highest BCUT2D eigenvalue weighted by molar-refractivity contribution is 5.73. The summed E-state index contributed by atoms with van der Waals surface area (Å²) in [5.74, 6) is -1.28. The van der Waals surface area contributed by atoms with Crippen molar-refractivity contribution in [2.45, 2.75) is 69.6 Å². The van der Waals surface area contributed by atoms with Gasteiger partial charge in [0.2, 0.25) is 5.91 Å². The predicted molar refractivity (Wildman–Crippen MR) is 95.7 cm³/mol. The molecule has 1 unspecified atom stereocenters. The number of nitrogens with two attached hydrogens (primary N) is 1. The standard InChI is InChI=1S/C20H28F2N2O2/c1-13(25)24-10-2-3-19(23)20(24)12-26-16-7-4-14(5-8-16)15-6-9-17(21)18(22)11-15/h6,9,11,14,16,19-20H,2-5,7-8,10,12,23H2,1H3/t14?,16?,19?,20-/m0/s1. The highest BCUT2D eigenvalue weighted by Gasteiger charge is 2.32. The van der Waals surface area contributed by atoms with Gasteiger partial charge in [0.25, 0.3) is 0 Å². The zero-order valence-electron chi connectivity index (χ0n) is 15.3. The molecule has 1 aliphatic carbocycles. The number of benzene rings is 1. The van der Waals surface area contributed by atoms with Gasteiger partial charge in [-0.15, -0.1) is 0 Å². The molecule has 1 aliphatic heterocycles. The quantitative estimate of drug-likeness (QED) is 0.889. The number of piperidine rings is 1. The molecule has 2 fully saturated rings. The summed E-state index contributed by atoms with van der Waals surface area (Å²) < 4.78 is 32.6. The van der Waals surface area contributed by atoms with E-state index in [2.05, 4.69) is 0 Å². The van der Waals surface area contributed by atoms with Gasteiger partial charge >= 0.3 is 0 Å². The Hall–Kier alpha value is -1.53. The molecule has 1 aromatic rings. The topological polar surface area (TPSA) is 55.6 Å². The molecule has 6 heteroatoms. The van der Waals surface area contributed by atoms with Crippen molar-refractivity contribution < 1.29 is 18.3 Å². The van der Waals surface area contributed by atoms with Crippen LogP contribution in [0.1, 0.15) is 56.9 Å². The first-order valence-electron chi connectivity index (χ1n) is 9.55. The minimum atomic E-state index is -0.801. The molecule has 26 heavy (non-hydrogen) atoms. The van der Waals surface area contributed by atoms with E-state index in [1.165, 1.54) is 12.1 Å². The Labute approximate surface area is 153 Å². The molecule has 2 atom stereocenters. The van der Waals surface area contributed by atoms with Crippen LogP contribution in [0.2, 0.25) is 0 Å². The lowest BCUT2D eigenvalue weighted by molar-refractivity contribution is -0.135. The second-order valence-electron chi connectivity index (χ2n) is 7.57. The Morgan fingerprint density at radius 1 is 1.19 bits per heavy atom. The van der Waals surface area contributed by atoms with E-state index in [0.717, 1.165) is 50.6 Å². The van der Waals surface area contributed by atoms with Crippen molar-refractivity contribution in [3.63, 3.8) is 0 Å². The fourth-order valence-corrected chi connectivity index (χ4v) is 4.26. The van der Waals surface area contributed by atoms with Gasteiger partial charge in [0.05, 0.1) is 18.8 Å². The van der Waals surface area contributed by atoms with E-state index < -0.39 is 11.6 Å². The monoisotopic (exact) mass is 366 g/mol. The Balaban J connectivity index is 1.50. The van der Waals surface area contributed by atoms with Crippen LogP contribution in [0.5, 0.6) is 0 Å². The molecule has 0 bridgehead atoms. The molecule has 1 saturated heterocycles.